The Bertz CT molecular complexity index is 356. The topological polar surface area (TPSA) is 37.3 Å². The first-order valence-electron chi connectivity index (χ1n) is 4.13. The van der Waals surface area contributed by atoms with E-state index in [0.29, 0.717) is 0 Å². The summed E-state index contributed by atoms with van der Waals surface area (Å²) in [5, 5.41) is 9.61. The number of hydrogen-bond donors (Lipinski definition) is 1. The lowest BCUT2D eigenvalue weighted by Gasteiger charge is -2.09. The molecule has 2 rings (SSSR count). The molecule has 2 nitrogen and oxygen atoms in total. The Labute approximate surface area is 84.7 Å². The third-order valence-corrected chi connectivity index (χ3v) is 3.00. The highest BCUT2D eigenvalue weighted by molar-refractivity contribution is 9.10. The van der Waals surface area contributed by atoms with Crippen molar-refractivity contribution in [2.45, 2.75) is 18.3 Å². The van der Waals surface area contributed by atoms with Gasteiger partial charge in [-0.2, -0.15) is 0 Å². The quantitative estimate of drug-likeness (QED) is 0.807. The van der Waals surface area contributed by atoms with Crippen LogP contribution in [0, 0.1) is 0 Å². The molecule has 1 aliphatic rings. The molecule has 0 saturated heterocycles. The van der Waals surface area contributed by atoms with E-state index in [2.05, 4.69) is 15.9 Å². The summed E-state index contributed by atoms with van der Waals surface area (Å²) < 4.78 is 0.829. The van der Waals surface area contributed by atoms with Crippen molar-refractivity contribution < 1.29 is 9.90 Å². The van der Waals surface area contributed by atoms with E-state index in [-0.39, 0.29) is 11.2 Å². The van der Waals surface area contributed by atoms with Crippen molar-refractivity contribution in [3.8, 4) is 5.75 Å². The van der Waals surface area contributed by atoms with Gasteiger partial charge < -0.3 is 9.90 Å². The highest BCUT2D eigenvalue weighted by Gasteiger charge is 2.45. The summed E-state index contributed by atoms with van der Waals surface area (Å²) in [6.07, 6.45) is 2.65. The number of rotatable bonds is 2. The smallest absolute Gasteiger partial charge is 0.130 e. The zero-order valence-corrected chi connectivity index (χ0v) is 8.54. The molecule has 0 aromatic heterocycles. The molecule has 1 aliphatic carbocycles. The standard InChI is InChI=1S/C10H9BrO2/c11-7-1-2-8(9(13)5-7)10(6-12)3-4-10/h1-2,5-6,13H,3-4H2. The fourth-order valence-electron chi connectivity index (χ4n) is 1.51. The summed E-state index contributed by atoms with van der Waals surface area (Å²) in [7, 11) is 0. The van der Waals surface area contributed by atoms with Crippen LogP contribution in [0.2, 0.25) is 0 Å². The molecule has 0 bridgehead atoms. The van der Waals surface area contributed by atoms with E-state index in [1.54, 1.807) is 12.1 Å². The fourth-order valence-corrected chi connectivity index (χ4v) is 1.86. The number of carbonyl (C=O) groups is 1. The molecular formula is C10H9BrO2. The summed E-state index contributed by atoms with van der Waals surface area (Å²) in [5.74, 6) is 0.207. The normalized spacial score (nSPS) is 18.2. The molecule has 0 atom stereocenters. The van der Waals surface area contributed by atoms with Crippen LogP contribution in [-0.4, -0.2) is 11.4 Å². The molecule has 0 unspecified atom stereocenters. The summed E-state index contributed by atoms with van der Waals surface area (Å²) in [5.41, 5.74) is 0.371. The van der Waals surface area contributed by atoms with Gasteiger partial charge >= 0.3 is 0 Å². The minimum absolute atomic E-state index is 0.207. The first kappa shape index (κ1) is 8.75. The monoisotopic (exact) mass is 240 g/mol. The fraction of sp³-hybridized carbons (Fsp3) is 0.300. The first-order valence-corrected chi connectivity index (χ1v) is 4.93. The van der Waals surface area contributed by atoms with Crippen LogP contribution in [-0.2, 0) is 10.2 Å². The summed E-state index contributed by atoms with van der Waals surface area (Å²) in [6, 6.07) is 5.28. The molecule has 3 heteroatoms. The summed E-state index contributed by atoms with van der Waals surface area (Å²) >= 11 is 3.26. The van der Waals surface area contributed by atoms with Crippen LogP contribution in [0.15, 0.2) is 22.7 Å². The van der Waals surface area contributed by atoms with Crippen molar-refractivity contribution in [3.05, 3.63) is 28.2 Å². The maximum absolute atomic E-state index is 10.8. The number of benzene rings is 1. The Morgan fingerprint density at radius 1 is 1.46 bits per heavy atom. The van der Waals surface area contributed by atoms with Gasteiger partial charge in [-0.15, -0.1) is 0 Å². The van der Waals surface area contributed by atoms with Crippen molar-refractivity contribution >= 4 is 22.2 Å². The lowest BCUT2D eigenvalue weighted by atomic mass is 9.97. The second kappa shape index (κ2) is 2.84. The van der Waals surface area contributed by atoms with Gasteiger partial charge in [-0.25, -0.2) is 0 Å². The maximum Gasteiger partial charge on any atom is 0.130 e. The highest BCUT2D eigenvalue weighted by Crippen LogP contribution is 2.49. The average molecular weight is 241 g/mol. The lowest BCUT2D eigenvalue weighted by Crippen LogP contribution is -2.07. The predicted octanol–water partition coefficient (Wildman–Crippen LogP) is 2.39. The Kier molecular flexibility index (Phi) is 1.91. The van der Waals surface area contributed by atoms with Crippen LogP contribution in [0.4, 0.5) is 0 Å². The molecule has 1 aromatic rings. The van der Waals surface area contributed by atoms with Gasteiger partial charge in [0.15, 0.2) is 0 Å². The number of aldehydes is 1. The Balaban J connectivity index is 2.47. The summed E-state index contributed by atoms with van der Waals surface area (Å²) in [4.78, 5) is 10.8. The van der Waals surface area contributed by atoms with Gasteiger partial charge in [0.2, 0.25) is 0 Å². The minimum atomic E-state index is -0.384. The molecule has 1 saturated carbocycles. The molecule has 1 aromatic carbocycles. The molecule has 0 aliphatic heterocycles. The van der Waals surface area contributed by atoms with Crippen LogP contribution >= 0.6 is 15.9 Å². The second-order valence-electron chi connectivity index (χ2n) is 3.44. The number of carbonyl (C=O) groups excluding carboxylic acids is 1. The third-order valence-electron chi connectivity index (χ3n) is 2.51. The molecule has 1 fully saturated rings. The van der Waals surface area contributed by atoms with Crippen molar-refractivity contribution in [1.29, 1.82) is 0 Å². The molecular weight excluding hydrogens is 232 g/mol. The minimum Gasteiger partial charge on any atom is -0.508 e. The van der Waals surface area contributed by atoms with Gasteiger partial charge in [0, 0.05) is 10.0 Å². The third kappa shape index (κ3) is 1.37. The zero-order valence-electron chi connectivity index (χ0n) is 6.96. The van der Waals surface area contributed by atoms with E-state index >= 15 is 0 Å². The lowest BCUT2D eigenvalue weighted by molar-refractivity contribution is -0.109. The Morgan fingerprint density at radius 2 is 2.15 bits per heavy atom. The largest absolute Gasteiger partial charge is 0.508 e. The van der Waals surface area contributed by atoms with Gasteiger partial charge in [-0.05, 0) is 25.0 Å². The molecule has 68 valence electrons. The van der Waals surface area contributed by atoms with Crippen molar-refractivity contribution in [2.75, 3.05) is 0 Å². The molecule has 13 heavy (non-hydrogen) atoms. The van der Waals surface area contributed by atoms with Crippen LogP contribution in [0.5, 0.6) is 5.75 Å². The predicted molar refractivity (Wildman–Crippen MR) is 52.8 cm³/mol. The van der Waals surface area contributed by atoms with E-state index < -0.39 is 0 Å². The van der Waals surface area contributed by atoms with Gasteiger partial charge in [-0.3, -0.25) is 0 Å². The van der Waals surface area contributed by atoms with Gasteiger partial charge in [0.1, 0.15) is 12.0 Å². The van der Waals surface area contributed by atoms with E-state index in [4.69, 9.17) is 0 Å². The number of halogens is 1. The SMILES string of the molecule is O=CC1(c2ccc(Br)cc2O)CC1. The number of phenols is 1. The van der Waals surface area contributed by atoms with E-state index in [9.17, 15) is 9.90 Å². The van der Waals surface area contributed by atoms with Crippen LogP contribution in [0.1, 0.15) is 18.4 Å². The van der Waals surface area contributed by atoms with Crippen molar-refractivity contribution in [3.63, 3.8) is 0 Å². The zero-order chi connectivity index (χ0) is 9.47. The average Bonchev–Trinajstić information content (AvgIpc) is 2.85. The summed E-state index contributed by atoms with van der Waals surface area (Å²) in [6.45, 7) is 0. The van der Waals surface area contributed by atoms with Crippen LogP contribution < -0.4 is 0 Å². The van der Waals surface area contributed by atoms with E-state index in [1.807, 2.05) is 6.07 Å². The highest BCUT2D eigenvalue weighted by atomic mass is 79.9. The van der Waals surface area contributed by atoms with Crippen LogP contribution in [0.3, 0.4) is 0 Å². The van der Waals surface area contributed by atoms with Gasteiger partial charge in [-0.1, -0.05) is 22.0 Å². The number of hydrogen-bond acceptors (Lipinski definition) is 2. The Hall–Kier alpha value is -0.830. The molecule has 1 N–H and O–H groups in total. The molecule has 0 amide bonds. The van der Waals surface area contributed by atoms with E-state index in [0.717, 1.165) is 29.2 Å². The second-order valence-corrected chi connectivity index (χ2v) is 4.35. The molecule has 0 heterocycles. The van der Waals surface area contributed by atoms with Gasteiger partial charge in [0.25, 0.3) is 0 Å². The molecule has 0 spiro atoms. The first-order chi connectivity index (χ1) is 6.18. The number of phenolic OH excluding ortho intramolecular Hbond substituents is 1. The maximum atomic E-state index is 10.8. The van der Waals surface area contributed by atoms with Crippen molar-refractivity contribution in [2.24, 2.45) is 0 Å². The van der Waals surface area contributed by atoms with E-state index in [1.165, 1.54) is 0 Å². The molecule has 0 radical (unpaired) electrons. The van der Waals surface area contributed by atoms with Crippen molar-refractivity contribution in [1.82, 2.24) is 0 Å². The Morgan fingerprint density at radius 3 is 2.62 bits per heavy atom. The van der Waals surface area contributed by atoms with Gasteiger partial charge in [0.05, 0.1) is 5.41 Å². The number of aromatic hydroxyl groups is 1. The van der Waals surface area contributed by atoms with Crippen LogP contribution in [0.25, 0.3) is 0 Å².